The van der Waals surface area contributed by atoms with Crippen LogP contribution in [0.1, 0.15) is 35.4 Å². The normalized spacial score (nSPS) is 17.8. The van der Waals surface area contributed by atoms with E-state index >= 15 is 0 Å². The minimum Gasteiger partial charge on any atom is -0.458 e. The first kappa shape index (κ1) is 24.3. The Kier molecular flexibility index (Phi) is 7.74. The molecule has 0 saturated carbocycles. The Balaban J connectivity index is 1.89. The third-order valence-corrected chi connectivity index (χ3v) is 6.14. The number of nitrogens with one attached hydrogen (secondary N) is 2. The zero-order chi connectivity index (χ0) is 24.1. The lowest BCUT2D eigenvalue weighted by Gasteiger charge is -2.10. The Hall–Kier alpha value is -3.35. The first-order valence-electron chi connectivity index (χ1n) is 10.2. The van der Waals surface area contributed by atoms with Crippen molar-refractivity contribution in [3.05, 3.63) is 43.2 Å². The molecule has 12 nitrogen and oxygen atoms in total. The second-order valence-corrected chi connectivity index (χ2v) is 8.59. The van der Waals surface area contributed by atoms with Crippen molar-refractivity contribution in [2.45, 2.75) is 39.9 Å². The Morgan fingerprint density at radius 3 is 1.55 bits per heavy atom. The Morgan fingerprint density at radius 1 is 0.697 bits per heavy atom. The molecule has 0 fully saturated rings. The number of nitrogens with zero attached hydrogens (tertiary/aromatic N) is 2. The van der Waals surface area contributed by atoms with Crippen LogP contribution in [0, 0.1) is 13.8 Å². The van der Waals surface area contributed by atoms with Crippen molar-refractivity contribution in [2.75, 3.05) is 24.6 Å². The lowest BCUT2D eigenvalue weighted by Crippen LogP contribution is -2.31. The van der Waals surface area contributed by atoms with E-state index in [4.69, 9.17) is 9.47 Å². The number of thioether (sulfide) groups is 1. The molecule has 0 radical (unpaired) electrons. The Morgan fingerprint density at radius 2 is 1.12 bits per heavy atom. The zero-order valence-corrected chi connectivity index (χ0v) is 19.0. The van der Waals surface area contributed by atoms with Crippen molar-refractivity contribution in [1.82, 2.24) is 19.7 Å². The summed E-state index contributed by atoms with van der Waals surface area (Å²) in [4.78, 5) is 73.2. The zero-order valence-electron chi connectivity index (χ0n) is 18.2. The van der Waals surface area contributed by atoms with Crippen LogP contribution in [0.4, 0.5) is 0 Å². The molecule has 2 N–H and O–H groups in total. The molecule has 0 aromatic carbocycles. The predicted molar refractivity (Wildman–Crippen MR) is 116 cm³/mol. The van der Waals surface area contributed by atoms with Gasteiger partial charge in [0, 0.05) is 35.5 Å². The highest BCUT2D eigenvalue weighted by molar-refractivity contribution is 7.99. The van der Waals surface area contributed by atoms with E-state index in [0.29, 0.717) is 11.5 Å². The Labute approximate surface area is 191 Å². The van der Waals surface area contributed by atoms with E-state index in [1.807, 2.05) is 0 Å². The molecule has 178 valence electrons. The number of hydrogen-bond donors (Lipinski definition) is 2. The number of carbonyl (C=O) groups excluding carboxylic acids is 4. The van der Waals surface area contributed by atoms with Crippen LogP contribution in [0.2, 0.25) is 0 Å². The summed E-state index contributed by atoms with van der Waals surface area (Å²) in [6, 6.07) is 0. The molecule has 1 aliphatic heterocycles. The molecule has 2 amide bonds. The highest BCUT2D eigenvalue weighted by Gasteiger charge is 2.24. The average Bonchev–Trinajstić information content (AvgIpc) is 3.17. The summed E-state index contributed by atoms with van der Waals surface area (Å²) in [5.74, 6) is -1.20. The fourth-order valence-electron chi connectivity index (χ4n) is 3.25. The summed E-state index contributed by atoms with van der Waals surface area (Å²) >= 11 is 1.39. The van der Waals surface area contributed by atoms with Gasteiger partial charge in [-0.3, -0.25) is 28.8 Å². The molecule has 3 rings (SSSR count). The molecule has 0 saturated heterocycles. The van der Waals surface area contributed by atoms with Crippen molar-refractivity contribution >= 4 is 35.5 Å². The van der Waals surface area contributed by atoms with Gasteiger partial charge in [-0.2, -0.15) is 16.3 Å². The molecule has 1 aliphatic rings. The smallest absolute Gasteiger partial charge is 0.325 e. The van der Waals surface area contributed by atoms with E-state index in [2.05, 4.69) is 10.6 Å². The van der Waals surface area contributed by atoms with Gasteiger partial charge >= 0.3 is 11.9 Å². The summed E-state index contributed by atoms with van der Waals surface area (Å²) in [5, 5.41) is 4.92. The van der Waals surface area contributed by atoms with Crippen molar-refractivity contribution < 1.29 is 28.7 Å². The number of cyclic esters (lactones) is 2. The quantitative estimate of drug-likeness (QED) is 0.436. The topological polar surface area (TPSA) is 154 Å². The fraction of sp³-hybridized carbons (Fsp3) is 0.500. The van der Waals surface area contributed by atoms with E-state index in [0.717, 1.165) is 4.52 Å². The molecule has 0 aliphatic carbocycles. The van der Waals surface area contributed by atoms with Gasteiger partial charge in [0.2, 0.25) is 11.8 Å². The second-order valence-electron chi connectivity index (χ2n) is 7.36. The molecule has 13 heteroatoms. The molecule has 0 spiro atoms. The lowest BCUT2D eigenvalue weighted by atomic mass is 10.2. The van der Waals surface area contributed by atoms with Crippen LogP contribution < -0.4 is 21.8 Å². The van der Waals surface area contributed by atoms with Gasteiger partial charge in [-0.1, -0.05) is 0 Å². The molecule has 3 heterocycles. The van der Waals surface area contributed by atoms with E-state index in [1.54, 1.807) is 0 Å². The number of hydrogen-bond acceptors (Lipinski definition) is 9. The summed E-state index contributed by atoms with van der Waals surface area (Å²) in [7, 11) is 0. The maximum absolute atomic E-state index is 12.6. The number of esters is 2. The summed E-state index contributed by atoms with van der Waals surface area (Å²) in [6.45, 7) is 1.62. The molecule has 2 aromatic rings. The maximum Gasteiger partial charge on any atom is 0.325 e. The Bertz CT molecular complexity index is 1110. The minimum atomic E-state index is -0.715. The minimum absolute atomic E-state index is 0.156. The van der Waals surface area contributed by atoms with Crippen molar-refractivity contribution in [3.8, 4) is 0 Å². The van der Waals surface area contributed by atoms with Gasteiger partial charge in [-0.15, -0.1) is 0 Å². The summed E-state index contributed by atoms with van der Waals surface area (Å²) < 4.78 is 12.6. The third-order valence-electron chi connectivity index (χ3n) is 5.15. The van der Waals surface area contributed by atoms with Crippen LogP contribution in [0.3, 0.4) is 0 Å². The van der Waals surface area contributed by atoms with Crippen LogP contribution in [0.25, 0.3) is 0 Å². The molecule has 0 unspecified atom stereocenters. The molecular weight excluding hydrogens is 456 g/mol. The fourth-order valence-corrected chi connectivity index (χ4v) is 4.11. The van der Waals surface area contributed by atoms with E-state index in [9.17, 15) is 28.8 Å². The van der Waals surface area contributed by atoms with Crippen molar-refractivity contribution in [1.29, 1.82) is 0 Å². The van der Waals surface area contributed by atoms with Gasteiger partial charge in [0.25, 0.3) is 11.1 Å². The van der Waals surface area contributed by atoms with E-state index < -0.39 is 23.1 Å². The SMILES string of the molecule is Cc1c2n3c(c(C)c(=O)n3c1=O)COC(=O)CNC(=O)CCSCCC(=O)NCC(=O)OC2. The van der Waals surface area contributed by atoms with Gasteiger partial charge in [0.1, 0.15) is 26.3 Å². The predicted octanol–water partition coefficient (Wildman–Crippen LogP) is -1.34. The van der Waals surface area contributed by atoms with Crippen LogP contribution in [0.5, 0.6) is 0 Å². The van der Waals surface area contributed by atoms with Gasteiger partial charge in [0.05, 0.1) is 11.4 Å². The van der Waals surface area contributed by atoms with Gasteiger partial charge in [-0.05, 0) is 13.8 Å². The number of aromatic nitrogens is 2. The number of carbonyl (C=O) groups is 4. The largest absolute Gasteiger partial charge is 0.458 e. The van der Waals surface area contributed by atoms with E-state index in [1.165, 1.54) is 30.1 Å². The molecule has 33 heavy (non-hydrogen) atoms. The van der Waals surface area contributed by atoms with Gasteiger partial charge in [-0.25, -0.2) is 4.52 Å². The van der Waals surface area contributed by atoms with Crippen molar-refractivity contribution in [2.24, 2.45) is 0 Å². The highest BCUT2D eigenvalue weighted by atomic mass is 32.2. The number of ether oxygens (including phenoxy) is 2. The molecule has 2 aromatic heterocycles. The van der Waals surface area contributed by atoms with Gasteiger partial charge in [0.15, 0.2) is 0 Å². The third kappa shape index (κ3) is 5.53. The second kappa shape index (κ2) is 10.5. The van der Waals surface area contributed by atoms with Crippen LogP contribution in [-0.2, 0) is 41.9 Å². The molecule has 0 atom stereocenters. The van der Waals surface area contributed by atoms with Crippen LogP contribution >= 0.6 is 11.8 Å². The number of amides is 2. The van der Waals surface area contributed by atoms with E-state index in [-0.39, 0.29) is 73.5 Å². The summed E-state index contributed by atoms with van der Waals surface area (Å²) in [5.41, 5.74) is -0.276. The molecular formula is C20H24N4O8S. The number of rotatable bonds is 0. The van der Waals surface area contributed by atoms with Crippen LogP contribution in [-0.4, -0.2) is 57.4 Å². The first-order chi connectivity index (χ1) is 15.7. The first-order valence-corrected chi connectivity index (χ1v) is 11.4. The van der Waals surface area contributed by atoms with Crippen molar-refractivity contribution in [3.63, 3.8) is 0 Å². The monoisotopic (exact) mass is 480 g/mol. The van der Waals surface area contributed by atoms with Gasteiger partial charge < -0.3 is 20.1 Å². The lowest BCUT2D eigenvalue weighted by molar-refractivity contribution is -0.145. The molecule has 0 bridgehead atoms. The highest BCUT2D eigenvalue weighted by Crippen LogP contribution is 2.13. The maximum atomic E-state index is 12.6. The summed E-state index contributed by atoms with van der Waals surface area (Å²) in [6.07, 6.45) is 0.311. The standard InChI is InChI=1S/C20H24N4O8S/c1-11-13-9-31-17(27)7-21-15(25)3-5-33-6-4-16(26)22-8-18(28)32-10-14-12(2)20(30)24(19(11)29)23(13)14/h3-10H2,1-2H3,(H,21,25)(H,22,26). The van der Waals surface area contributed by atoms with Crippen LogP contribution in [0.15, 0.2) is 9.59 Å². The average molecular weight is 480 g/mol.